The minimum absolute atomic E-state index is 0.0263. The van der Waals surface area contributed by atoms with E-state index in [1.54, 1.807) is 5.56 Å². The van der Waals surface area contributed by atoms with Crippen LogP contribution in [0.25, 0.3) is 0 Å². The maximum Gasteiger partial charge on any atom is 0.252 e. The second kappa shape index (κ2) is 16.2. The van der Waals surface area contributed by atoms with Crippen LogP contribution in [0.3, 0.4) is 0 Å². The molecule has 0 bridgehead atoms. The maximum atomic E-state index is 7.41. The molecule has 2 aliphatic carbocycles. The monoisotopic (exact) mass is 930 g/mol. The zero-order valence-electron chi connectivity index (χ0n) is 40.9. The predicted molar refractivity (Wildman–Crippen MR) is 298 cm³/mol. The zero-order valence-corrected chi connectivity index (χ0v) is 41.6. The number of hydrogen-bond donors (Lipinski definition) is 0. The molecule has 6 aliphatic rings. The van der Waals surface area contributed by atoms with Crippen molar-refractivity contribution in [3.8, 4) is 0 Å². The summed E-state index contributed by atoms with van der Waals surface area (Å²) >= 11 is 7.41. The first-order valence-electron chi connectivity index (χ1n) is 25.8. The van der Waals surface area contributed by atoms with E-state index in [-0.39, 0.29) is 28.6 Å². The van der Waals surface area contributed by atoms with E-state index in [0.29, 0.717) is 0 Å². The van der Waals surface area contributed by atoms with Gasteiger partial charge < -0.3 is 19.6 Å². The van der Waals surface area contributed by atoms with Crippen LogP contribution in [-0.4, -0.2) is 17.8 Å². The van der Waals surface area contributed by atoms with Gasteiger partial charge in [0.05, 0.1) is 27.5 Å². The fourth-order valence-corrected chi connectivity index (χ4v) is 14.8. The minimum Gasteiger partial charge on any atom is -0.335 e. The molecule has 8 aromatic rings. The molecule has 4 nitrogen and oxygen atoms in total. The van der Waals surface area contributed by atoms with Gasteiger partial charge in [0.1, 0.15) is 0 Å². The van der Waals surface area contributed by atoms with E-state index in [1.165, 1.54) is 101 Å². The zero-order chi connectivity index (χ0) is 47.4. The lowest BCUT2D eigenvalue weighted by molar-refractivity contribution is 0.195. The van der Waals surface area contributed by atoms with Gasteiger partial charge in [-0.3, -0.25) is 0 Å². The van der Waals surface area contributed by atoms with Gasteiger partial charge in [-0.1, -0.05) is 172 Å². The Kier molecular flexibility index (Phi) is 10.0. The van der Waals surface area contributed by atoms with Crippen molar-refractivity contribution in [2.75, 3.05) is 19.6 Å². The van der Waals surface area contributed by atoms with Crippen LogP contribution in [0.1, 0.15) is 90.2 Å². The number of para-hydroxylation sites is 6. The van der Waals surface area contributed by atoms with Crippen molar-refractivity contribution in [3.63, 3.8) is 0 Å². The molecule has 0 N–H and O–H groups in total. The van der Waals surface area contributed by atoms with Gasteiger partial charge in [-0.2, -0.15) is 0 Å². The van der Waals surface area contributed by atoms with Gasteiger partial charge in [0.15, 0.2) is 0 Å². The summed E-state index contributed by atoms with van der Waals surface area (Å²) in [6.45, 7) is 10.3. The van der Waals surface area contributed by atoms with Crippen LogP contribution >= 0.6 is 11.6 Å². The number of halogens is 1. The van der Waals surface area contributed by atoms with Gasteiger partial charge in [0.2, 0.25) is 0 Å². The number of anilines is 10. The topological polar surface area (TPSA) is 13.0 Å². The Bertz CT molecular complexity index is 3270. The first-order chi connectivity index (χ1) is 34.2. The molecule has 4 aliphatic heterocycles. The number of fused-ring (bicyclic) bond motifs is 10. The minimum atomic E-state index is -0.0263. The SMILES string of the molecule is CC12CCCCC1(C)N(c1cccc(N(c3ccccc3)c3ccccc3)c1Cl)c1ccccc12.CC12CCCCC1(C)N1c3cccc4c3B(c3ccccc3N4c3ccccc3)c3cccc2c31. The predicted octanol–water partition coefficient (Wildman–Crippen LogP) is 15.6. The van der Waals surface area contributed by atoms with E-state index in [0.717, 1.165) is 34.2 Å². The molecule has 2 fully saturated rings. The van der Waals surface area contributed by atoms with E-state index in [1.807, 2.05) is 0 Å². The largest absolute Gasteiger partial charge is 0.335 e. The lowest BCUT2D eigenvalue weighted by Crippen LogP contribution is -2.64. The Morgan fingerprint density at radius 3 is 1.61 bits per heavy atom. The van der Waals surface area contributed by atoms with Gasteiger partial charge in [-0.25, -0.2) is 0 Å². The molecular weight excluding hydrogens is 871 g/mol. The summed E-state index contributed by atoms with van der Waals surface area (Å²) in [5.74, 6) is 0. The summed E-state index contributed by atoms with van der Waals surface area (Å²) in [7, 11) is 0. The molecule has 0 radical (unpaired) electrons. The number of rotatable bonds is 5. The van der Waals surface area contributed by atoms with Crippen LogP contribution in [0.2, 0.25) is 5.02 Å². The first kappa shape index (κ1) is 43.3. The molecule has 2 saturated carbocycles. The van der Waals surface area contributed by atoms with Crippen LogP contribution in [0.4, 0.5) is 56.9 Å². The Hall–Kier alpha value is -6.69. The van der Waals surface area contributed by atoms with Gasteiger partial charge in [0, 0.05) is 56.3 Å². The van der Waals surface area contributed by atoms with Crippen molar-refractivity contribution >= 4 is 91.6 Å². The smallest absolute Gasteiger partial charge is 0.252 e. The molecule has 4 atom stereocenters. The highest BCUT2D eigenvalue weighted by Crippen LogP contribution is 2.63. The van der Waals surface area contributed by atoms with Crippen molar-refractivity contribution in [3.05, 3.63) is 210 Å². The third kappa shape index (κ3) is 5.97. The maximum absolute atomic E-state index is 7.41. The molecule has 8 aromatic carbocycles. The Morgan fingerprint density at radius 2 is 0.914 bits per heavy atom. The van der Waals surface area contributed by atoms with Crippen molar-refractivity contribution in [1.29, 1.82) is 0 Å². The van der Waals surface area contributed by atoms with Crippen LogP contribution in [0.5, 0.6) is 0 Å². The highest BCUT2D eigenvalue weighted by atomic mass is 35.5. The molecule has 0 aromatic heterocycles. The fraction of sp³-hybridized carbons (Fsp3) is 0.250. The molecule has 70 heavy (non-hydrogen) atoms. The average molecular weight is 931 g/mol. The average Bonchev–Trinajstić information content (AvgIpc) is 3.75. The molecule has 0 saturated heterocycles. The molecule has 0 spiro atoms. The summed E-state index contributed by atoms with van der Waals surface area (Å²) < 4.78 is 0. The summed E-state index contributed by atoms with van der Waals surface area (Å²) in [6.07, 6.45) is 10.0. The second-order valence-electron chi connectivity index (χ2n) is 21.5. The lowest BCUT2D eigenvalue weighted by atomic mass is 9.33. The molecule has 4 unspecified atom stereocenters. The Balaban J connectivity index is 0.000000137. The van der Waals surface area contributed by atoms with Crippen LogP contribution in [-0.2, 0) is 10.8 Å². The molecule has 346 valence electrons. The number of hydrogen-bond acceptors (Lipinski definition) is 4. The number of nitrogens with zero attached hydrogens (tertiary/aromatic N) is 4. The normalized spacial score (nSPS) is 24.0. The van der Waals surface area contributed by atoms with Crippen molar-refractivity contribution < 1.29 is 0 Å². The Labute approximate surface area is 420 Å². The standard InChI is InChI=1S/C32H29BN2.C32H31ClN2/c1-31-20-8-9-21-32(31,2)35-28-19-11-18-27-29(28)33(25-16-10-14-23(31)30(25)35)24-15-6-7-17-26(24)34(27)22-12-4-3-5-13-22;1-31-22-11-12-23-32(31,2)35(27-19-10-9-18-26(27)31)29-21-13-20-28(30(29)33)34(24-14-5-3-6-15-24)25-16-7-4-8-17-25/h3-7,10-19H,8-9,20-21H2,1-2H3;3-10,13-21H,11-12,22-23H2,1-2H3. The Morgan fingerprint density at radius 1 is 0.429 bits per heavy atom. The molecular formula is C64H60BClN4. The van der Waals surface area contributed by atoms with E-state index < -0.39 is 0 Å². The highest BCUT2D eigenvalue weighted by Gasteiger charge is 2.61. The van der Waals surface area contributed by atoms with Gasteiger partial charge in [0.25, 0.3) is 6.71 Å². The van der Waals surface area contributed by atoms with E-state index in [9.17, 15) is 0 Å². The molecule has 6 heteroatoms. The first-order valence-corrected chi connectivity index (χ1v) is 26.1. The third-order valence-electron chi connectivity index (χ3n) is 18.3. The van der Waals surface area contributed by atoms with Gasteiger partial charge in [-0.05, 0) is 140 Å². The van der Waals surface area contributed by atoms with Crippen LogP contribution < -0.4 is 36.0 Å². The quantitative estimate of drug-likeness (QED) is 0.159. The molecule has 4 heterocycles. The number of benzene rings is 8. The van der Waals surface area contributed by atoms with Crippen molar-refractivity contribution in [2.24, 2.45) is 0 Å². The molecule has 14 rings (SSSR count). The van der Waals surface area contributed by atoms with Crippen molar-refractivity contribution in [2.45, 2.75) is 101 Å². The second-order valence-corrected chi connectivity index (χ2v) is 21.9. The lowest BCUT2D eigenvalue weighted by Gasteiger charge is -2.52. The van der Waals surface area contributed by atoms with E-state index in [2.05, 4.69) is 241 Å². The van der Waals surface area contributed by atoms with Crippen molar-refractivity contribution in [1.82, 2.24) is 0 Å². The summed E-state index contributed by atoms with van der Waals surface area (Å²) in [4.78, 5) is 10.1. The van der Waals surface area contributed by atoms with E-state index >= 15 is 0 Å². The van der Waals surface area contributed by atoms with Gasteiger partial charge in [-0.15, -0.1) is 0 Å². The fourth-order valence-electron chi connectivity index (χ4n) is 14.5. The van der Waals surface area contributed by atoms with E-state index in [4.69, 9.17) is 11.6 Å². The molecule has 0 amide bonds. The summed E-state index contributed by atoms with van der Waals surface area (Å²) in [5.41, 5.74) is 20.0. The van der Waals surface area contributed by atoms with Gasteiger partial charge >= 0.3 is 0 Å². The van der Waals surface area contributed by atoms with Crippen LogP contribution in [0, 0.1) is 0 Å². The highest BCUT2D eigenvalue weighted by molar-refractivity contribution is 7.00. The summed E-state index contributed by atoms with van der Waals surface area (Å²) in [5, 5.41) is 0.783. The van der Waals surface area contributed by atoms with Crippen LogP contribution in [0.15, 0.2) is 194 Å². The summed E-state index contributed by atoms with van der Waals surface area (Å²) in [6, 6.07) is 70.5. The third-order valence-corrected chi connectivity index (χ3v) is 18.7.